The number of benzene rings is 1. The van der Waals surface area contributed by atoms with Gasteiger partial charge in [-0.3, -0.25) is 0 Å². The molecule has 1 N–H and O–H groups in total. The minimum atomic E-state index is -0.291. The third-order valence-electron chi connectivity index (χ3n) is 5.50. The van der Waals surface area contributed by atoms with Gasteiger partial charge in [-0.25, -0.2) is 19.3 Å². The highest BCUT2D eigenvalue weighted by atomic mass is 35.5. The Morgan fingerprint density at radius 1 is 1.18 bits per heavy atom. The molecule has 1 fully saturated rings. The van der Waals surface area contributed by atoms with E-state index in [4.69, 9.17) is 16.6 Å². The minimum absolute atomic E-state index is 0.291. The van der Waals surface area contributed by atoms with E-state index >= 15 is 0 Å². The maximum atomic E-state index is 14.6. The van der Waals surface area contributed by atoms with Crippen LogP contribution in [-0.2, 0) is 6.54 Å². The van der Waals surface area contributed by atoms with Gasteiger partial charge >= 0.3 is 0 Å². The van der Waals surface area contributed by atoms with Gasteiger partial charge in [-0.2, -0.15) is 0 Å². The zero-order chi connectivity index (χ0) is 22.9. The molecule has 3 aromatic heterocycles. The minimum Gasteiger partial charge on any atom is -0.365 e. The van der Waals surface area contributed by atoms with E-state index in [1.54, 1.807) is 34.8 Å². The molecule has 0 spiro atoms. The van der Waals surface area contributed by atoms with Crippen LogP contribution in [0.3, 0.4) is 0 Å². The van der Waals surface area contributed by atoms with Gasteiger partial charge in [0.1, 0.15) is 11.6 Å². The topological polar surface area (TPSA) is 53.9 Å². The summed E-state index contributed by atoms with van der Waals surface area (Å²) < 4.78 is 14.6. The van der Waals surface area contributed by atoms with Gasteiger partial charge in [0, 0.05) is 29.7 Å². The van der Waals surface area contributed by atoms with Crippen molar-refractivity contribution in [2.24, 2.45) is 5.92 Å². The molecule has 0 amide bonds. The number of rotatable bonds is 8. The highest BCUT2D eigenvalue weighted by Crippen LogP contribution is 2.34. The lowest BCUT2D eigenvalue weighted by atomic mass is 10.2. The molecule has 3 heterocycles. The molecule has 5 rings (SSSR count). The van der Waals surface area contributed by atoms with Crippen LogP contribution in [0.1, 0.15) is 29.1 Å². The lowest BCUT2D eigenvalue weighted by Crippen LogP contribution is -2.26. The molecule has 170 valence electrons. The quantitative estimate of drug-likeness (QED) is 0.277. The lowest BCUT2D eigenvalue weighted by molar-refractivity contribution is 0.610. The predicted octanol–water partition coefficient (Wildman–Crippen LogP) is 7.23. The molecular weight excluding hydrogens is 477 g/mol. The monoisotopic (exact) mass is 499 g/mol. The van der Waals surface area contributed by atoms with Crippen LogP contribution >= 0.6 is 34.3 Å². The summed E-state index contributed by atoms with van der Waals surface area (Å²) in [5, 5.41) is 7.55. The standard InChI is InChI=1S/C24H23ClFN5S2/c1-14-23(33-15(2)28-14)20-13-32-24(29-20)30-22-8-5-17(10-27-22)12-31(11-16-3-4-16)21-7-6-18(25)9-19(21)26/h5-10,13,16H,3-4,11-12H2,1-2H3,(H,27,29,30). The molecule has 1 aromatic carbocycles. The Labute approximate surface area is 205 Å². The highest BCUT2D eigenvalue weighted by molar-refractivity contribution is 7.16. The summed E-state index contributed by atoms with van der Waals surface area (Å²) in [7, 11) is 0. The summed E-state index contributed by atoms with van der Waals surface area (Å²) in [6.45, 7) is 5.43. The molecule has 1 aliphatic carbocycles. The van der Waals surface area contributed by atoms with Crippen LogP contribution in [0.25, 0.3) is 10.6 Å². The van der Waals surface area contributed by atoms with Crippen molar-refractivity contribution in [2.75, 3.05) is 16.8 Å². The number of aromatic nitrogens is 3. The third kappa shape index (κ3) is 5.34. The Morgan fingerprint density at radius 2 is 2.03 bits per heavy atom. The molecule has 0 saturated heterocycles. The molecule has 0 radical (unpaired) electrons. The van der Waals surface area contributed by atoms with Gasteiger partial charge in [-0.1, -0.05) is 17.7 Å². The molecule has 0 unspecified atom stereocenters. The van der Waals surface area contributed by atoms with E-state index in [1.165, 1.54) is 18.9 Å². The zero-order valence-corrected chi connectivity index (χ0v) is 20.7. The molecule has 1 aliphatic rings. The van der Waals surface area contributed by atoms with E-state index in [9.17, 15) is 4.39 Å². The van der Waals surface area contributed by atoms with E-state index in [2.05, 4.69) is 20.2 Å². The van der Waals surface area contributed by atoms with Crippen LogP contribution in [0.5, 0.6) is 0 Å². The normalized spacial score (nSPS) is 13.3. The summed E-state index contributed by atoms with van der Waals surface area (Å²) in [6.07, 6.45) is 4.23. The summed E-state index contributed by atoms with van der Waals surface area (Å²) in [4.78, 5) is 16.9. The molecule has 0 bridgehead atoms. The molecule has 4 aromatic rings. The highest BCUT2D eigenvalue weighted by Gasteiger charge is 2.26. The molecule has 0 aliphatic heterocycles. The van der Waals surface area contributed by atoms with Gasteiger partial charge in [0.05, 0.1) is 27.0 Å². The van der Waals surface area contributed by atoms with Crippen molar-refractivity contribution in [1.29, 1.82) is 0 Å². The van der Waals surface area contributed by atoms with Crippen molar-refractivity contribution in [1.82, 2.24) is 15.0 Å². The Kier molecular flexibility index (Phi) is 6.32. The third-order valence-corrected chi connectivity index (χ3v) is 7.59. The Hall–Kier alpha value is -2.55. The maximum absolute atomic E-state index is 14.6. The number of aryl methyl sites for hydroxylation is 2. The Morgan fingerprint density at radius 3 is 2.70 bits per heavy atom. The first kappa shape index (κ1) is 22.3. The summed E-state index contributed by atoms with van der Waals surface area (Å²) in [5.41, 5.74) is 3.54. The van der Waals surface area contributed by atoms with Crippen LogP contribution in [0.15, 0.2) is 41.9 Å². The number of anilines is 3. The number of hydrogen-bond donors (Lipinski definition) is 1. The summed E-state index contributed by atoms with van der Waals surface area (Å²) in [5.74, 6) is 1.06. The van der Waals surface area contributed by atoms with Crippen molar-refractivity contribution in [3.8, 4) is 10.6 Å². The van der Waals surface area contributed by atoms with Gasteiger partial charge < -0.3 is 10.2 Å². The molecule has 1 saturated carbocycles. The van der Waals surface area contributed by atoms with E-state index in [0.717, 1.165) is 44.3 Å². The SMILES string of the molecule is Cc1nc(C)c(-c2csc(Nc3ccc(CN(CC4CC4)c4ccc(Cl)cc4F)cn3)n2)s1. The van der Waals surface area contributed by atoms with Crippen molar-refractivity contribution in [3.05, 3.63) is 69.0 Å². The fourth-order valence-corrected chi connectivity index (χ4v) is 5.55. The second kappa shape index (κ2) is 9.37. The number of hydrogen-bond acceptors (Lipinski definition) is 7. The average Bonchev–Trinajstić information content (AvgIpc) is 3.36. The second-order valence-corrected chi connectivity index (χ2v) is 10.8. The number of nitrogens with zero attached hydrogens (tertiary/aromatic N) is 4. The van der Waals surface area contributed by atoms with E-state index < -0.39 is 0 Å². The molecular formula is C24H23ClFN5S2. The maximum Gasteiger partial charge on any atom is 0.188 e. The Balaban J connectivity index is 1.28. The average molecular weight is 500 g/mol. The van der Waals surface area contributed by atoms with Crippen LogP contribution < -0.4 is 10.2 Å². The first-order chi connectivity index (χ1) is 15.9. The smallest absolute Gasteiger partial charge is 0.188 e. The summed E-state index contributed by atoms with van der Waals surface area (Å²) in [6, 6.07) is 8.83. The first-order valence-electron chi connectivity index (χ1n) is 10.8. The second-order valence-electron chi connectivity index (χ2n) is 8.28. The molecule has 9 heteroatoms. The fourth-order valence-electron chi connectivity index (χ4n) is 3.72. The van der Waals surface area contributed by atoms with Gasteiger partial charge in [0.2, 0.25) is 0 Å². The number of thiazole rings is 2. The van der Waals surface area contributed by atoms with Crippen LogP contribution in [0, 0.1) is 25.6 Å². The van der Waals surface area contributed by atoms with Gasteiger partial charge in [-0.05, 0) is 62.4 Å². The largest absolute Gasteiger partial charge is 0.365 e. The first-order valence-corrected chi connectivity index (χ1v) is 12.8. The van der Waals surface area contributed by atoms with Gasteiger partial charge in [0.25, 0.3) is 0 Å². The van der Waals surface area contributed by atoms with Crippen LogP contribution in [0.2, 0.25) is 5.02 Å². The van der Waals surface area contributed by atoms with Crippen molar-refractivity contribution < 1.29 is 4.39 Å². The van der Waals surface area contributed by atoms with E-state index in [1.807, 2.05) is 37.6 Å². The Bertz CT molecular complexity index is 1270. The van der Waals surface area contributed by atoms with E-state index in [-0.39, 0.29) is 5.82 Å². The fraction of sp³-hybridized carbons (Fsp3) is 0.292. The lowest BCUT2D eigenvalue weighted by Gasteiger charge is -2.25. The molecule has 0 atom stereocenters. The zero-order valence-electron chi connectivity index (χ0n) is 18.3. The molecule has 33 heavy (non-hydrogen) atoms. The van der Waals surface area contributed by atoms with Gasteiger partial charge in [0.15, 0.2) is 5.13 Å². The van der Waals surface area contributed by atoms with Crippen molar-refractivity contribution >= 4 is 50.9 Å². The van der Waals surface area contributed by atoms with Crippen molar-refractivity contribution in [2.45, 2.75) is 33.2 Å². The van der Waals surface area contributed by atoms with Crippen LogP contribution in [-0.4, -0.2) is 21.5 Å². The van der Waals surface area contributed by atoms with Crippen molar-refractivity contribution in [3.63, 3.8) is 0 Å². The number of halogens is 2. The molecule has 5 nitrogen and oxygen atoms in total. The predicted molar refractivity (Wildman–Crippen MR) is 135 cm³/mol. The number of nitrogens with one attached hydrogen (secondary N) is 1. The summed E-state index contributed by atoms with van der Waals surface area (Å²) >= 11 is 9.14. The number of pyridine rings is 1. The van der Waals surface area contributed by atoms with Crippen LogP contribution in [0.4, 0.5) is 21.0 Å². The van der Waals surface area contributed by atoms with Gasteiger partial charge in [-0.15, -0.1) is 22.7 Å². The van der Waals surface area contributed by atoms with E-state index in [0.29, 0.717) is 23.2 Å².